The maximum absolute atomic E-state index is 11.6. The fourth-order valence-electron chi connectivity index (χ4n) is 2.00. The van der Waals surface area contributed by atoms with Gasteiger partial charge in [0.1, 0.15) is 10.0 Å². The van der Waals surface area contributed by atoms with Crippen molar-refractivity contribution in [1.29, 1.82) is 0 Å². The molecule has 1 atom stereocenters. The summed E-state index contributed by atoms with van der Waals surface area (Å²) in [7, 11) is -3.21. The van der Waals surface area contributed by atoms with Crippen LogP contribution in [0.25, 0.3) is 10.6 Å². The van der Waals surface area contributed by atoms with Gasteiger partial charge in [-0.25, -0.2) is 8.42 Å². The van der Waals surface area contributed by atoms with Crippen molar-refractivity contribution in [2.24, 2.45) is 0 Å². The second-order valence-electron chi connectivity index (χ2n) is 4.76. The number of benzene rings is 1. The monoisotopic (exact) mass is 325 g/mol. The third kappa shape index (κ3) is 3.87. The lowest BCUT2D eigenvalue weighted by Crippen LogP contribution is -2.19. The van der Waals surface area contributed by atoms with Crippen LogP contribution in [-0.2, 0) is 9.84 Å². The molecule has 5 nitrogen and oxygen atoms in total. The molecule has 0 saturated heterocycles. The highest BCUT2D eigenvalue weighted by Gasteiger charge is 2.16. The maximum Gasteiger partial charge on any atom is 0.175 e. The van der Waals surface area contributed by atoms with Gasteiger partial charge >= 0.3 is 0 Å². The standard InChI is InChI=1S/C14H19N3O2S2/c1-4-12(15-5-2)14-17-16-13(20-14)10-7-6-8-11(9-10)21(3,18)19/h6-9,12,15H,4-5H2,1-3H3. The summed E-state index contributed by atoms with van der Waals surface area (Å²) >= 11 is 1.50. The van der Waals surface area contributed by atoms with Gasteiger partial charge in [-0.05, 0) is 25.1 Å². The summed E-state index contributed by atoms with van der Waals surface area (Å²) in [4.78, 5) is 0.301. The molecule has 0 amide bonds. The normalized spacial score (nSPS) is 13.3. The first-order valence-electron chi connectivity index (χ1n) is 6.83. The van der Waals surface area contributed by atoms with Gasteiger partial charge < -0.3 is 5.32 Å². The quantitative estimate of drug-likeness (QED) is 0.884. The van der Waals surface area contributed by atoms with E-state index in [2.05, 4.69) is 29.4 Å². The zero-order valence-corrected chi connectivity index (χ0v) is 14.0. The second kappa shape index (κ2) is 6.64. The molecule has 2 aromatic rings. The average molecular weight is 325 g/mol. The smallest absolute Gasteiger partial charge is 0.175 e. The first-order valence-corrected chi connectivity index (χ1v) is 9.53. The van der Waals surface area contributed by atoms with E-state index >= 15 is 0 Å². The maximum atomic E-state index is 11.6. The predicted octanol–water partition coefficient (Wildman–Crippen LogP) is 2.67. The van der Waals surface area contributed by atoms with Crippen LogP contribution in [0, 0.1) is 0 Å². The van der Waals surface area contributed by atoms with Gasteiger partial charge in [0.25, 0.3) is 0 Å². The summed E-state index contributed by atoms with van der Waals surface area (Å²) < 4.78 is 23.2. The Morgan fingerprint density at radius 3 is 2.67 bits per heavy atom. The zero-order valence-electron chi connectivity index (χ0n) is 12.3. The molecule has 7 heteroatoms. The van der Waals surface area contributed by atoms with Gasteiger partial charge in [0.05, 0.1) is 10.9 Å². The molecule has 1 aromatic heterocycles. The average Bonchev–Trinajstić information content (AvgIpc) is 2.93. The van der Waals surface area contributed by atoms with Crippen LogP contribution in [0.5, 0.6) is 0 Å². The number of sulfone groups is 1. The van der Waals surface area contributed by atoms with Crippen LogP contribution >= 0.6 is 11.3 Å². The molecule has 0 fully saturated rings. The lowest BCUT2D eigenvalue weighted by Gasteiger charge is -2.10. The highest BCUT2D eigenvalue weighted by atomic mass is 32.2. The Labute approximate surface area is 129 Å². The van der Waals surface area contributed by atoms with Crippen LogP contribution in [0.1, 0.15) is 31.3 Å². The molecule has 0 bridgehead atoms. The first kappa shape index (κ1) is 16.1. The van der Waals surface area contributed by atoms with Gasteiger partial charge in [-0.2, -0.15) is 0 Å². The largest absolute Gasteiger partial charge is 0.308 e. The molecule has 0 saturated carbocycles. The topological polar surface area (TPSA) is 72.0 Å². The van der Waals surface area contributed by atoms with Crippen molar-refractivity contribution in [1.82, 2.24) is 15.5 Å². The van der Waals surface area contributed by atoms with Crippen molar-refractivity contribution >= 4 is 21.2 Å². The molecule has 1 aromatic carbocycles. The molecule has 1 N–H and O–H groups in total. The molecule has 1 unspecified atom stereocenters. The fourth-order valence-corrected chi connectivity index (χ4v) is 3.67. The van der Waals surface area contributed by atoms with E-state index in [-0.39, 0.29) is 6.04 Å². The van der Waals surface area contributed by atoms with E-state index in [0.717, 1.165) is 28.5 Å². The Balaban J connectivity index is 2.34. The number of rotatable bonds is 6. The second-order valence-corrected chi connectivity index (χ2v) is 7.79. The summed E-state index contributed by atoms with van der Waals surface area (Å²) in [6.07, 6.45) is 2.14. The van der Waals surface area contributed by atoms with Crippen molar-refractivity contribution in [3.63, 3.8) is 0 Å². The molecule has 21 heavy (non-hydrogen) atoms. The fraction of sp³-hybridized carbons (Fsp3) is 0.429. The van der Waals surface area contributed by atoms with E-state index in [0.29, 0.717) is 4.90 Å². The van der Waals surface area contributed by atoms with Gasteiger partial charge in [-0.1, -0.05) is 37.3 Å². The zero-order chi connectivity index (χ0) is 15.5. The number of aromatic nitrogens is 2. The number of hydrogen-bond donors (Lipinski definition) is 1. The van der Waals surface area contributed by atoms with Crippen LogP contribution < -0.4 is 5.32 Å². The molecular weight excluding hydrogens is 306 g/mol. The molecule has 0 aliphatic heterocycles. The van der Waals surface area contributed by atoms with Gasteiger partial charge in [0, 0.05) is 11.8 Å². The van der Waals surface area contributed by atoms with E-state index < -0.39 is 9.84 Å². The Kier molecular flexibility index (Phi) is 5.08. The highest BCUT2D eigenvalue weighted by Crippen LogP contribution is 2.29. The van der Waals surface area contributed by atoms with Crippen molar-refractivity contribution in [2.75, 3.05) is 12.8 Å². The summed E-state index contributed by atoms with van der Waals surface area (Å²) in [5.74, 6) is 0. The van der Waals surface area contributed by atoms with E-state index in [4.69, 9.17) is 0 Å². The van der Waals surface area contributed by atoms with Crippen LogP contribution in [0.15, 0.2) is 29.2 Å². The molecule has 114 valence electrons. The van der Waals surface area contributed by atoms with Crippen LogP contribution in [0.2, 0.25) is 0 Å². The van der Waals surface area contributed by atoms with E-state index in [1.807, 2.05) is 6.07 Å². The Hall–Kier alpha value is -1.31. The van der Waals surface area contributed by atoms with E-state index in [9.17, 15) is 8.42 Å². The molecular formula is C14H19N3O2S2. The third-order valence-corrected chi connectivity index (χ3v) is 5.30. The molecule has 1 heterocycles. The number of hydrogen-bond acceptors (Lipinski definition) is 6. The van der Waals surface area contributed by atoms with Crippen molar-refractivity contribution < 1.29 is 8.42 Å². The van der Waals surface area contributed by atoms with Gasteiger partial charge in [-0.3, -0.25) is 0 Å². The SMILES string of the molecule is CCNC(CC)c1nnc(-c2cccc(S(C)(=O)=O)c2)s1. The van der Waals surface area contributed by atoms with Crippen molar-refractivity contribution in [2.45, 2.75) is 31.2 Å². The minimum absolute atomic E-state index is 0.194. The molecule has 0 aliphatic carbocycles. The first-order chi connectivity index (χ1) is 9.95. The summed E-state index contributed by atoms with van der Waals surface area (Å²) in [6, 6.07) is 7.02. The van der Waals surface area contributed by atoms with Gasteiger partial charge in [-0.15, -0.1) is 10.2 Å². The number of nitrogens with one attached hydrogen (secondary N) is 1. The molecule has 0 radical (unpaired) electrons. The van der Waals surface area contributed by atoms with E-state index in [1.54, 1.807) is 18.2 Å². The highest BCUT2D eigenvalue weighted by molar-refractivity contribution is 7.90. The van der Waals surface area contributed by atoms with Crippen molar-refractivity contribution in [3.8, 4) is 10.6 Å². The summed E-state index contributed by atoms with van der Waals surface area (Å²) in [5, 5.41) is 13.5. The lowest BCUT2D eigenvalue weighted by molar-refractivity contribution is 0.531. The van der Waals surface area contributed by atoms with Crippen LogP contribution in [0.4, 0.5) is 0 Å². The summed E-state index contributed by atoms with van der Waals surface area (Å²) in [6.45, 7) is 5.02. The Bertz CT molecular complexity index is 711. The minimum atomic E-state index is -3.21. The molecule has 0 spiro atoms. The predicted molar refractivity (Wildman–Crippen MR) is 85.2 cm³/mol. The van der Waals surface area contributed by atoms with Gasteiger partial charge in [0.2, 0.25) is 0 Å². The Morgan fingerprint density at radius 2 is 2.05 bits per heavy atom. The molecule has 2 rings (SSSR count). The number of nitrogens with zero attached hydrogens (tertiary/aromatic N) is 2. The summed E-state index contributed by atoms with van der Waals surface area (Å²) in [5.41, 5.74) is 0.785. The van der Waals surface area contributed by atoms with Gasteiger partial charge in [0.15, 0.2) is 9.84 Å². The van der Waals surface area contributed by atoms with Crippen LogP contribution in [-0.4, -0.2) is 31.4 Å². The third-order valence-electron chi connectivity index (χ3n) is 3.11. The lowest BCUT2D eigenvalue weighted by atomic mass is 10.2. The molecule has 0 aliphatic rings. The van der Waals surface area contributed by atoms with Crippen LogP contribution in [0.3, 0.4) is 0 Å². The van der Waals surface area contributed by atoms with Crippen molar-refractivity contribution in [3.05, 3.63) is 29.3 Å². The van der Waals surface area contributed by atoms with E-state index in [1.165, 1.54) is 17.6 Å². The Morgan fingerprint density at radius 1 is 1.29 bits per heavy atom. The minimum Gasteiger partial charge on any atom is -0.308 e.